The molecule has 3 heterocycles. The van der Waals surface area contributed by atoms with Crippen LogP contribution in [-0.4, -0.2) is 38.5 Å². The van der Waals surface area contributed by atoms with E-state index in [2.05, 4.69) is 14.6 Å². The predicted octanol–water partition coefficient (Wildman–Crippen LogP) is 2.58. The number of likely N-dealkylation sites (tertiary alicyclic amines) is 1. The SMILES string of the molecule is CCc1nnsc1C(=O)N1CCC[C@@H](c2nccs2)C1. The molecule has 3 rings (SSSR count). The maximum atomic E-state index is 12.6. The Morgan fingerprint density at radius 2 is 2.45 bits per heavy atom. The van der Waals surface area contributed by atoms with Gasteiger partial charge in [0.1, 0.15) is 4.88 Å². The Kier molecular flexibility index (Phi) is 4.07. The first-order valence-electron chi connectivity index (χ1n) is 6.79. The summed E-state index contributed by atoms with van der Waals surface area (Å²) in [7, 11) is 0. The summed E-state index contributed by atoms with van der Waals surface area (Å²) in [6.45, 7) is 3.58. The van der Waals surface area contributed by atoms with Crippen LogP contribution in [0.5, 0.6) is 0 Å². The first-order valence-corrected chi connectivity index (χ1v) is 8.44. The largest absolute Gasteiger partial charge is 0.337 e. The first-order chi connectivity index (χ1) is 9.79. The number of nitrogens with zero attached hydrogens (tertiary/aromatic N) is 4. The standard InChI is InChI=1S/C13H16N4OS2/c1-2-10-11(20-16-15-10)13(18)17-6-3-4-9(8-17)12-14-5-7-19-12/h5,7,9H,2-4,6,8H2,1H3/t9-/m1/s1. The Bertz CT molecular complexity index is 581. The van der Waals surface area contributed by atoms with E-state index in [1.54, 1.807) is 11.3 Å². The zero-order chi connectivity index (χ0) is 13.9. The number of carbonyl (C=O) groups is 1. The molecule has 1 amide bonds. The zero-order valence-corrected chi connectivity index (χ0v) is 12.9. The van der Waals surface area contributed by atoms with E-state index in [0.29, 0.717) is 10.8 Å². The van der Waals surface area contributed by atoms with Gasteiger partial charge in [-0.2, -0.15) is 0 Å². The number of piperidine rings is 1. The number of amides is 1. The number of carbonyl (C=O) groups excluding carboxylic acids is 1. The minimum Gasteiger partial charge on any atom is -0.337 e. The van der Waals surface area contributed by atoms with E-state index >= 15 is 0 Å². The third-order valence-electron chi connectivity index (χ3n) is 3.59. The fourth-order valence-corrected chi connectivity index (χ4v) is 4.03. The van der Waals surface area contributed by atoms with Crippen molar-refractivity contribution in [1.29, 1.82) is 0 Å². The molecule has 106 valence electrons. The first kappa shape index (κ1) is 13.6. The lowest BCUT2D eigenvalue weighted by Gasteiger charge is -2.31. The van der Waals surface area contributed by atoms with Gasteiger partial charge in [-0.15, -0.1) is 16.4 Å². The van der Waals surface area contributed by atoms with Crippen molar-refractivity contribution in [3.05, 3.63) is 27.2 Å². The van der Waals surface area contributed by atoms with Crippen LogP contribution in [0.15, 0.2) is 11.6 Å². The molecular formula is C13H16N4OS2. The lowest BCUT2D eigenvalue weighted by atomic mass is 9.98. The molecule has 0 spiro atoms. The van der Waals surface area contributed by atoms with Crippen molar-refractivity contribution in [2.24, 2.45) is 0 Å². The molecule has 1 aliphatic heterocycles. The third kappa shape index (κ3) is 2.60. The molecule has 1 aliphatic rings. The average Bonchev–Trinajstić information content (AvgIpc) is 3.17. The van der Waals surface area contributed by atoms with Crippen molar-refractivity contribution >= 4 is 28.8 Å². The second kappa shape index (κ2) is 5.97. The monoisotopic (exact) mass is 308 g/mol. The minimum atomic E-state index is 0.0816. The third-order valence-corrected chi connectivity index (χ3v) is 5.29. The molecule has 5 nitrogen and oxygen atoms in total. The van der Waals surface area contributed by atoms with E-state index in [0.717, 1.165) is 43.1 Å². The molecule has 2 aromatic rings. The van der Waals surface area contributed by atoms with E-state index in [1.807, 2.05) is 23.4 Å². The molecule has 0 saturated carbocycles. The van der Waals surface area contributed by atoms with Gasteiger partial charge in [0.15, 0.2) is 0 Å². The van der Waals surface area contributed by atoms with Crippen LogP contribution < -0.4 is 0 Å². The molecule has 20 heavy (non-hydrogen) atoms. The van der Waals surface area contributed by atoms with Crippen LogP contribution in [0.2, 0.25) is 0 Å². The van der Waals surface area contributed by atoms with Gasteiger partial charge in [0.25, 0.3) is 5.91 Å². The topological polar surface area (TPSA) is 59.0 Å². The van der Waals surface area contributed by atoms with Gasteiger partial charge < -0.3 is 4.90 Å². The van der Waals surface area contributed by atoms with E-state index in [1.165, 1.54) is 11.5 Å². The number of thiazole rings is 1. The summed E-state index contributed by atoms with van der Waals surface area (Å²) in [5.41, 5.74) is 0.816. The molecule has 0 radical (unpaired) electrons. The molecule has 0 aliphatic carbocycles. The van der Waals surface area contributed by atoms with Crippen molar-refractivity contribution < 1.29 is 4.79 Å². The molecular weight excluding hydrogens is 292 g/mol. The fourth-order valence-electron chi connectivity index (χ4n) is 2.55. The molecule has 0 unspecified atom stereocenters. The highest BCUT2D eigenvalue weighted by Crippen LogP contribution is 2.29. The van der Waals surface area contributed by atoms with Crippen molar-refractivity contribution in [1.82, 2.24) is 19.5 Å². The van der Waals surface area contributed by atoms with E-state index in [9.17, 15) is 4.79 Å². The van der Waals surface area contributed by atoms with Gasteiger partial charge in [0.05, 0.1) is 10.7 Å². The lowest BCUT2D eigenvalue weighted by Crippen LogP contribution is -2.39. The fraction of sp³-hybridized carbons (Fsp3) is 0.538. The molecule has 2 aromatic heterocycles. The van der Waals surface area contributed by atoms with Gasteiger partial charge in [-0.05, 0) is 30.8 Å². The van der Waals surface area contributed by atoms with Gasteiger partial charge >= 0.3 is 0 Å². The number of rotatable bonds is 3. The quantitative estimate of drug-likeness (QED) is 0.874. The maximum absolute atomic E-state index is 12.6. The van der Waals surface area contributed by atoms with Crippen LogP contribution in [0.4, 0.5) is 0 Å². The Hall–Kier alpha value is -1.34. The minimum absolute atomic E-state index is 0.0816. The number of aryl methyl sites for hydroxylation is 1. The summed E-state index contributed by atoms with van der Waals surface area (Å²) < 4.78 is 3.91. The smallest absolute Gasteiger partial charge is 0.267 e. The van der Waals surface area contributed by atoms with E-state index in [4.69, 9.17) is 0 Å². The predicted molar refractivity (Wildman–Crippen MR) is 79.3 cm³/mol. The van der Waals surface area contributed by atoms with Gasteiger partial charge in [-0.1, -0.05) is 11.4 Å². The number of hydrogen-bond acceptors (Lipinski definition) is 6. The van der Waals surface area contributed by atoms with Gasteiger partial charge in [0, 0.05) is 30.6 Å². The summed E-state index contributed by atoms with van der Waals surface area (Å²) in [6, 6.07) is 0. The molecule has 1 saturated heterocycles. The maximum Gasteiger partial charge on any atom is 0.267 e. The molecule has 7 heteroatoms. The molecule has 0 aromatic carbocycles. The van der Waals surface area contributed by atoms with Crippen molar-refractivity contribution in [3.8, 4) is 0 Å². The van der Waals surface area contributed by atoms with Crippen LogP contribution in [0.1, 0.15) is 46.1 Å². The van der Waals surface area contributed by atoms with Crippen molar-refractivity contribution in [3.63, 3.8) is 0 Å². The second-order valence-electron chi connectivity index (χ2n) is 4.86. The van der Waals surface area contributed by atoms with Crippen molar-refractivity contribution in [2.45, 2.75) is 32.1 Å². The van der Waals surface area contributed by atoms with Gasteiger partial charge in [0.2, 0.25) is 0 Å². The Morgan fingerprint density at radius 1 is 1.55 bits per heavy atom. The number of hydrogen-bond donors (Lipinski definition) is 0. The highest BCUT2D eigenvalue weighted by Gasteiger charge is 2.29. The Labute approximate surface area is 125 Å². The van der Waals surface area contributed by atoms with Crippen LogP contribution >= 0.6 is 22.9 Å². The summed E-state index contributed by atoms with van der Waals surface area (Å²) in [5, 5.41) is 7.17. The molecule has 0 N–H and O–H groups in total. The van der Waals surface area contributed by atoms with Crippen LogP contribution in [-0.2, 0) is 6.42 Å². The molecule has 1 fully saturated rings. The summed E-state index contributed by atoms with van der Waals surface area (Å²) in [5.74, 6) is 0.455. The Balaban J connectivity index is 1.75. The normalized spacial score (nSPS) is 19.2. The highest BCUT2D eigenvalue weighted by molar-refractivity contribution is 7.09. The summed E-state index contributed by atoms with van der Waals surface area (Å²) >= 11 is 2.89. The van der Waals surface area contributed by atoms with Gasteiger partial charge in [-0.25, -0.2) is 4.98 Å². The second-order valence-corrected chi connectivity index (χ2v) is 6.54. The van der Waals surface area contributed by atoms with Gasteiger partial charge in [-0.3, -0.25) is 4.79 Å². The average molecular weight is 308 g/mol. The summed E-state index contributed by atoms with van der Waals surface area (Å²) in [6.07, 6.45) is 4.73. The zero-order valence-electron chi connectivity index (χ0n) is 11.3. The van der Waals surface area contributed by atoms with Crippen LogP contribution in [0, 0.1) is 0 Å². The molecule has 1 atom stereocenters. The van der Waals surface area contributed by atoms with E-state index in [-0.39, 0.29) is 5.91 Å². The van der Waals surface area contributed by atoms with Crippen LogP contribution in [0.3, 0.4) is 0 Å². The highest BCUT2D eigenvalue weighted by atomic mass is 32.1. The van der Waals surface area contributed by atoms with Crippen LogP contribution in [0.25, 0.3) is 0 Å². The van der Waals surface area contributed by atoms with E-state index < -0.39 is 0 Å². The number of aromatic nitrogens is 3. The lowest BCUT2D eigenvalue weighted by molar-refractivity contribution is 0.0710. The van der Waals surface area contributed by atoms with Crippen molar-refractivity contribution in [2.75, 3.05) is 13.1 Å². The Morgan fingerprint density at radius 3 is 3.20 bits per heavy atom. The summed E-state index contributed by atoms with van der Waals surface area (Å²) in [4.78, 5) is 19.6. The molecule has 0 bridgehead atoms.